The summed E-state index contributed by atoms with van der Waals surface area (Å²) >= 11 is 1.71. The van der Waals surface area contributed by atoms with Gasteiger partial charge in [0.2, 0.25) is 5.91 Å². The summed E-state index contributed by atoms with van der Waals surface area (Å²) in [7, 11) is 1.57. The third kappa shape index (κ3) is 6.13. The highest BCUT2D eigenvalue weighted by Crippen LogP contribution is 2.40. The predicted molar refractivity (Wildman–Crippen MR) is 129 cm³/mol. The molecule has 0 bridgehead atoms. The number of amides is 1. The molecule has 7 nitrogen and oxygen atoms in total. The SMILES string of the molecule is COCCOC(=O)C1=C(C)N=C2SCCCN2C1c1ccc(NC(=O)CC(C)(C)C)cc1. The molecule has 2 aliphatic heterocycles. The van der Waals surface area contributed by atoms with Crippen molar-refractivity contribution in [3.63, 3.8) is 0 Å². The third-order valence-corrected chi connectivity index (χ3v) is 6.28. The fourth-order valence-corrected chi connectivity index (χ4v) is 4.83. The van der Waals surface area contributed by atoms with E-state index in [1.807, 2.05) is 52.0 Å². The van der Waals surface area contributed by atoms with E-state index in [9.17, 15) is 9.59 Å². The number of thioether (sulfide) groups is 1. The lowest BCUT2D eigenvalue weighted by Crippen LogP contribution is -2.42. The molecule has 1 N–H and O–H groups in total. The van der Waals surface area contributed by atoms with Crippen LogP contribution >= 0.6 is 11.8 Å². The van der Waals surface area contributed by atoms with Crippen molar-refractivity contribution in [1.29, 1.82) is 0 Å². The minimum atomic E-state index is -0.370. The van der Waals surface area contributed by atoms with Crippen LogP contribution < -0.4 is 5.32 Å². The molecule has 0 aliphatic carbocycles. The Bertz CT molecular complexity index is 903. The van der Waals surface area contributed by atoms with Crippen molar-refractivity contribution in [2.75, 3.05) is 37.9 Å². The normalized spacial score (nSPS) is 18.7. The fraction of sp³-hybridized carbons (Fsp3) is 0.542. The number of esters is 1. The van der Waals surface area contributed by atoms with Crippen LogP contribution in [0.1, 0.15) is 52.1 Å². The number of carbonyl (C=O) groups excluding carboxylic acids is 2. The lowest BCUT2D eigenvalue weighted by Gasteiger charge is -2.40. The summed E-state index contributed by atoms with van der Waals surface area (Å²) in [4.78, 5) is 32.2. The molecule has 2 aliphatic rings. The molecule has 0 aromatic heterocycles. The molecule has 1 fully saturated rings. The maximum atomic E-state index is 13.0. The summed E-state index contributed by atoms with van der Waals surface area (Å²) < 4.78 is 10.5. The zero-order valence-electron chi connectivity index (χ0n) is 19.6. The first kappa shape index (κ1) is 24.3. The van der Waals surface area contributed by atoms with Crippen molar-refractivity contribution in [2.24, 2.45) is 10.4 Å². The molecule has 1 atom stereocenters. The molecule has 32 heavy (non-hydrogen) atoms. The molecule has 1 amide bonds. The van der Waals surface area contributed by atoms with Crippen LogP contribution in [0.4, 0.5) is 5.69 Å². The number of hydrogen-bond donors (Lipinski definition) is 1. The van der Waals surface area contributed by atoms with Crippen molar-refractivity contribution < 1.29 is 19.1 Å². The van der Waals surface area contributed by atoms with Crippen LogP contribution in [-0.4, -0.2) is 54.6 Å². The molecule has 0 radical (unpaired) electrons. The van der Waals surface area contributed by atoms with E-state index >= 15 is 0 Å². The zero-order chi connectivity index (χ0) is 23.3. The molecule has 174 valence electrons. The first-order valence-electron chi connectivity index (χ1n) is 10.9. The molecular weight excluding hydrogens is 426 g/mol. The summed E-state index contributed by atoms with van der Waals surface area (Å²) in [6.07, 6.45) is 1.47. The summed E-state index contributed by atoms with van der Waals surface area (Å²) in [5.74, 6) is 0.634. The Hall–Kier alpha value is -2.32. The maximum absolute atomic E-state index is 13.0. The Balaban J connectivity index is 1.86. The van der Waals surface area contributed by atoms with Gasteiger partial charge in [0.05, 0.1) is 23.9 Å². The number of benzene rings is 1. The molecule has 1 aromatic rings. The summed E-state index contributed by atoms with van der Waals surface area (Å²) in [6, 6.07) is 7.44. The first-order valence-corrected chi connectivity index (χ1v) is 11.9. The standard InChI is InChI=1S/C24H33N3O4S/c1-16-20(22(29)31-13-12-30-5)21(27-11-6-14-32-23(27)25-16)17-7-9-18(10-8-17)26-19(28)15-24(2,3)4/h7-10,21H,6,11-15H2,1-5H3,(H,26,28). The number of nitrogens with zero attached hydrogens (tertiary/aromatic N) is 2. The van der Waals surface area contributed by atoms with Gasteiger partial charge in [-0.1, -0.05) is 44.7 Å². The van der Waals surface area contributed by atoms with Crippen LogP contribution in [0.5, 0.6) is 0 Å². The van der Waals surface area contributed by atoms with Crippen molar-refractivity contribution in [3.8, 4) is 0 Å². The second-order valence-electron chi connectivity index (χ2n) is 9.23. The smallest absolute Gasteiger partial charge is 0.338 e. The van der Waals surface area contributed by atoms with E-state index in [0.717, 1.165) is 35.1 Å². The summed E-state index contributed by atoms with van der Waals surface area (Å²) in [5, 5.41) is 3.90. The van der Waals surface area contributed by atoms with Gasteiger partial charge < -0.3 is 19.7 Å². The molecule has 8 heteroatoms. The quantitative estimate of drug-likeness (QED) is 0.482. The van der Waals surface area contributed by atoms with Crippen LogP contribution in [0.2, 0.25) is 0 Å². The Kier molecular flexibility index (Phi) is 8.00. The zero-order valence-corrected chi connectivity index (χ0v) is 20.4. The van der Waals surface area contributed by atoms with Gasteiger partial charge in [-0.05, 0) is 36.5 Å². The van der Waals surface area contributed by atoms with Crippen LogP contribution in [0.25, 0.3) is 0 Å². The number of hydrogen-bond acceptors (Lipinski definition) is 7. The second-order valence-corrected chi connectivity index (χ2v) is 10.3. The van der Waals surface area contributed by atoms with Crippen molar-refractivity contribution in [2.45, 2.75) is 46.6 Å². The summed E-state index contributed by atoms with van der Waals surface area (Å²) in [5.41, 5.74) is 2.86. The average molecular weight is 460 g/mol. The van der Waals surface area contributed by atoms with E-state index in [4.69, 9.17) is 14.5 Å². The van der Waals surface area contributed by atoms with Crippen molar-refractivity contribution >= 4 is 34.5 Å². The number of methoxy groups -OCH3 is 1. The predicted octanol–water partition coefficient (Wildman–Crippen LogP) is 4.37. The van der Waals surface area contributed by atoms with Crippen LogP contribution in [0.15, 0.2) is 40.5 Å². The van der Waals surface area contributed by atoms with Gasteiger partial charge in [-0.3, -0.25) is 4.79 Å². The fourth-order valence-electron chi connectivity index (χ4n) is 3.81. The molecule has 3 rings (SSSR count). The number of allylic oxidation sites excluding steroid dienone is 1. The van der Waals surface area contributed by atoms with Gasteiger partial charge in [-0.2, -0.15) is 0 Å². The monoisotopic (exact) mass is 459 g/mol. The summed E-state index contributed by atoms with van der Waals surface area (Å²) in [6.45, 7) is 9.34. The number of anilines is 1. The van der Waals surface area contributed by atoms with Crippen LogP contribution in [0.3, 0.4) is 0 Å². The highest BCUT2D eigenvalue weighted by atomic mass is 32.2. The molecule has 0 saturated carbocycles. The highest BCUT2D eigenvalue weighted by Gasteiger charge is 2.37. The Morgan fingerprint density at radius 3 is 2.59 bits per heavy atom. The van der Waals surface area contributed by atoms with Gasteiger partial charge in [0.15, 0.2) is 5.17 Å². The van der Waals surface area contributed by atoms with Gasteiger partial charge in [0.25, 0.3) is 0 Å². The number of nitrogens with one attached hydrogen (secondary N) is 1. The minimum Gasteiger partial charge on any atom is -0.460 e. The number of ether oxygens (including phenoxy) is 2. The maximum Gasteiger partial charge on any atom is 0.338 e. The van der Waals surface area contributed by atoms with E-state index in [0.29, 0.717) is 24.3 Å². The number of fused-ring (bicyclic) bond motifs is 1. The molecule has 0 spiro atoms. The lowest BCUT2D eigenvalue weighted by molar-refractivity contribution is -0.141. The molecule has 1 aromatic carbocycles. The Morgan fingerprint density at radius 2 is 1.94 bits per heavy atom. The minimum absolute atomic E-state index is 0.0112. The highest BCUT2D eigenvalue weighted by molar-refractivity contribution is 8.13. The first-order chi connectivity index (χ1) is 15.2. The Labute approximate surface area is 194 Å². The molecule has 2 heterocycles. The van der Waals surface area contributed by atoms with Crippen molar-refractivity contribution in [1.82, 2.24) is 4.90 Å². The van der Waals surface area contributed by atoms with E-state index in [-0.39, 0.29) is 29.9 Å². The van der Waals surface area contributed by atoms with E-state index in [2.05, 4.69) is 10.2 Å². The van der Waals surface area contributed by atoms with Gasteiger partial charge in [0, 0.05) is 31.5 Å². The Morgan fingerprint density at radius 1 is 1.22 bits per heavy atom. The third-order valence-electron chi connectivity index (χ3n) is 5.20. The van der Waals surface area contributed by atoms with E-state index in [1.165, 1.54) is 0 Å². The van der Waals surface area contributed by atoms with Crippen LogP contribution in [0, 0.1) is 5.41 Å². The van der Waals surface area contributed by atoms with Gasteiger partial charge in [-0.25, -0.2) is 9.79 Å². The number of rotatable bonds is 7. The number of amidine groups is 1. The second kappa shape index (κ2) is 10.5. The molecular formula is C24H33N3O4S. The molecule has 1 unspecified atom stereocenters. The van der Waals surface area contributed by atoms with E-state index < -0.39 is 0 Å². The molecule has 1 saturated heterocycles. The topological polar surface area (TPSA) is 80.2 Å². The lowest BCUT2D eigenvalue weighted by atomic mass is 9.92. The van der Waals surface area contributed by atoms with Gasteiger partial charge in [0.1, 0.15) is 6.61 Å². The number of carbonyl (C=O) groups is 2. The number of aliphatic imine (C=N–C) groups is 1. The van der Waals surface area contributed by atoms with Gasteiger partial charge >= 0.3 is 5.97 Å². The average Bonchev–Trinajstić information content (AvgIpc) is 2.72. The van der Waals surface area contributed by atoms with Gasteiger partial charge in [-0.15, -0.1) is 0 Å². The van der Waals surface area contributed by atoms with Crippen molar-refractivity contribution in [3.05, 3.63) is 41.1 Å². The largest absolute Gasteiger partial charge is 0.460 e. The van der Waals surface area contributed by atoms with E-state index in [1.54, 1.807) is 18.9 Å². The van der Waals surface area contributed by atoms with Crippen LogP contribution in [-0.2, 0) is 19.1 Å².